The molecule has 7 nitrogen and oxygen atoms in total. The van der Waals surface area contributed by atoms with E-state index in [0.29, 0.717) is 23.1 Å². The number of nitrogen functional groups attached to an aromatic ring is 1. The number of fused-ring (bicyclic) bond motifs is 1. The highest BCUT2D eigenvalue weighted by Crippen LogP contribution is 2.23. The predicted octanol–water partition coefficient (Wildman–Crippen LogP) is 1.93. The maximum atomic E-state index is 11.2. The number of rotatable bonds is 6. The van der Waals surface area contributed by atoms with Gasteiger partial charge < -0.3 is 21.3 Å². The third kappa shape index (κ3) is 4.02. The van der Waals surface area contributed by atoms with Crippen LogP contribution in [0.15, 0.2) is 48.5 Å². The lowest BCUT2D eigenvalue weighted by atomic mass is 10.1. The predicted molar refractivity (Wildman–Crippen MR) is 95.6 cm³/mol. The number of nitrogens with one attached hydrogen (secondary N) is 1. The molecule has 0 saturated heterocycles. The van der Waals surface area contributed by atoms with Crippen LogP contribution in [0.1, 0.15) is 15.9 Å². The van der Waals surface area contributed by atoms with Gasteiger partial charge in [0.05, 0.1) is 17.2 Å². The van der Waals surface area contributed by atoms with E-state index in [9.17, 15) is 9.90 Å². The van der Waals surface area contributed by atoms with E-state index in [1.165, 1.54) is 12.1 Å². The Hall–Kier alpha value is -3.19. The van der Waals surface area contributed by atoms with Crippen molar-refractivity contribution in [2.45, 2.75) is 12.5 Å². The van der Waals surface area contributed by atoms with E-state index in [-0.39, 0.29) is 18.1 Å². The van der Waals surface area contributed by atoms with Crippen LogP contribution in [0.5, 0.6) is 0 Å². The Morgan fingerprint density at radius 1 is 1.16 bits per heavy atom. The molecule has 7 heteroatoms. The quantitative estimate of drug-likeness (QED) is 0.542. The molecule has 1 aromatic heterocycles. The van der Waals surface area contributed by atoms with Crippen LogP contribution in [0.4, 0.5) is 11.8 Å². The second kappa shape index (κ2) is 7.14. The molecule has 1 heterocycles. The molecule has 3 rings (SSSR count). The molecule has 0 spiro atoms. The van der Waals surface area contributed by atoms with Crippen LogP contribution >= 0.6 is 0 Å². The molecule has 0 saturated carbocycles. The second-order valence-corrected chi connectivity index (χ2v) is 5.69. The van der Waals surface area contributed by atoms with Gasteiger partial charge >= 0.3 is 5.97 Å². The Kier molecular flexibility index (Phi) is 4.76. The van der Waals surface area contributed by atoms with E-state index < -0.39 is 12.1 Å². The van der Waals surface area contributed by atoms with Crippen LogP contribution in [0.2, 0.25) is 0 Å². The van der Waals surface area contributed by atoms with Crippen molar-refractivity contribution in [3.63, 3.8) is 0 Å². The number of aliphatic hydroxyl groups is 1. The first kappa shape index (κ1) is 16.7. The minimum atomic E-state index is -1.03. The van der Waals surface area contributed by atoms with E-state index in [1.54, 1.807) is 6.07 Å². The highest BCUT2D eigenvalue weighted by molar-refractivity contribution is 5.97. The van der Waals surface area contributed by atoms with Crippen LogP contribution in [0.3, 0.4) is 0 Å². The van der Waals surface area contributed by atoms with Gasteiger partial charge in [0, 0.05) is 18.4 Å². The molecular weight excluding hydrogens is 320 g/mol. The van der Waals surface area contributed by atoms with Crippen LogP contribution < -0.4 is 11.1 Å². The number of nitrogens with two attached hydrogens (primary N) is 1. The minimum absolute atomic E-state index is 0.0793. The number of nitrogens with zero attached hydrogens (tertiary/aromatic N) is 2. The lowest BCUT2D eigenvalue weighted by molar-refractivity contribution is 0.0697. The monoisotopic (exact) mass is 338 g/mol. The maximum Gasteiger partial charge on any atom is 0.335 e. The second-order valence-electron chi connectivity index (χ2n) is 5.69. The number of aromatic nitrogens is 2. The Morgan fingerprint density at radius 2 is 1.92 bits per heavy atom. The summed E-state index contributed by atoms with van der Waals surface area (Å²) < 4.78 is 0. The van der Waals surface area contributed by atoms with E-state index in [4.69, 9.17) is 10.8 Å². The van der Waals surface area contributed by atoms with Crippen molar-refractivity contribution in [2.75, 3.05) is 17.6 Å². The summed E-state index contributed by atoms with van der Waals surface area (Å²) in [6, 6.07) is 14.2. The van der Waals surface area contributed by atoms with Crippen molar-refractivity contribution < 1.29 is 15.0 Å². The lowest BCUT2D eigenvalue weighted by Crippen LogP contribution is -2.22. The molecule has 0 aliphatic heterocycles. The molecule has 0 aliphatic carbocycles. The standard InChI is InChI=1S/C18H18N4O3/c19-18-21-15-7-6-12(17(24)25)9-14(15)16(22-18)20-10-13(23)8-11-4-2-1-3-5-11/h1-7,9,13,23H,8,10H2,(H,24,25)(H3,19,20,21,22)/t13-/m0/s1. The molecule has 3 aromatic rings. The van der Waals surface area contributed by atoms with Crippen LogP contribution in [0, 0.1) is 0 Å². The largest absolute Gasteiger partial charge is 0.478 e. The number of benzene rings is 2. The molecule has 25 heavy (non-hydrogen) atoms. The number of hydrogen-bond acceptors (Lipinski definition) is 6. The van der Waals surface area contributed by atoms with E-state index in [1.807, 2.05) is 30.3 Å². The van der Waals surface area contributed by atoms with Gasteiger partial charge in [-0.1, -0.05) is 30.3 Å². The van der Waals surface area contributed by atoms with Crippen LogP contribution in [-0.4, -0.2) is 38.8 Å². The van der Waals surface area contributed by atoms with Gasteiger partial charge in [0.25, 0.3) is 0 Å². The topological polar surface area (TPSA) is 121 Å². The fourth-order valence-corrected chi connectivity index (χ4v) is 2.59. The summed E-state index contributed by atoms with van der Waals surface area (Å²) in [6.07, 6.45) is -0.136. The molecule has 0 fully saturated rings. The third-order valence-electron chi connectivity index (χ3n) is 3.78. The number of anilines is 2. The summed E-state index contributed by atoms with van der Waals surface area (Å²) in [4.78, 5) is 19.4. The number of carboxylic acid groups (broad SMARTS) is 1. The zero-order valence-electron chi connectivity index (χ0n) is 13.4. The van der Waals surface area contributed by atoms with Gasteiger partial charge in [-0.15, -0.1) is 0 Å². The molecule has 0 aliphatic rings. The van der Waals surface area contributed by atoms with Crippen molar-refractivity contribution in [1.82, 2.24) is 9.97 Å². The SMILES string of the molecule is Nc1nc(NC[C@@H](O)Cc2ccccc2)c2cc(C(=O)O)ccc2n1. The number of hydrogen-bond donors (Lipinski definition) is 4. The molecule has 2 aromatic carbocycles. The fourth-order valence-electron chi connectivity index (χ4n) is 2.59. The van der Waals surface area contributed by atoms with Crippen molar-refractivity contribution >= 4 is 28.6 Å². The third-order valence-corrected chi connectivity index (χ3v) is 3.78. The normalized spacial score (nSPS) is 12.0. The van der Waals surface area contributed by atoms with Crippen LogP contribution in [0.25, 0.3) is 10.9 Å². The fraction of sp³-hybridized carbons (Fsp3) is 0.167. The van der Waals surface area contributed by atoms with Gasteiger partial charge in [0.2, 0.25) is 5.95 Å². The van der Waals surface area contributed by atoms with Crippen molar-refractivity contribution in [1.29, 1.82) is 0 Å². The van der Waals surface area contributed by atoms with Gasteiger partial charge in [0.15, 0.2) is 0 Å². The number of aliphatic hydroxyl groups excluding tert-OH is 1. The van der Waals surface area contributed by atoms with E-state index in [2.05, 4.69) is 15.3 Å². The zero-order valence-corrected chi connectivity index (χ0v) is 13.4. The molecule has 0 amide bonds. The van der Waals surface area contributed by atoms with Crippen molar-refractivity contribution in [2.24, 2.45) is 0 Å². The number of carboxylic acids is 1. The first-order chi connectivity index (χ1) is 12.0. The molecular formula is C18H18N4O3. The van der Waals surface area contributed by atoms with Crippen molar-refractivity contribution in [3.8, 4) is 0 Å². The Labute approximate surface area is 144 Å². The minimum Gasteiger partial charge on any atom is -0.478 e. The highest BCUT2D eigenvalue weighted by Gasteiger charge is 2.12. The summed E-state index contributed by atoms with van der Waals surface area (Å²) in [7, 11) is 0. The van der Waals surface area contributed by atoms with Gasteiger partial charge in [-0.05, 0) is 23.8 Å². The van der Waals surface area contributed by atoms with Gasteiger partial charge in [0.1, 0.15) is 5.82 Å². The molecule has 0 radical (unpaired) electrons. The average molecular weight is 338 g/mol. The Bertz CT molecular complexity index is 899. The summed E-state index contributed by atoms with van der Waals surface area (Å²) >= 11 is 0. The van der Waals surface area contributed by atoms with Gasteiger partial charge in [-0.2, -0.15) is 4.98 Å². The average Bonchev–Trinajstić information content (AvgIpc) is 2.60. The number of carbonyl (C=O) groups is 1. The van der Waals surface area contributed by atoms with Crippen molar-refractivity contribution in [3.05, 3.63) is 59.7 Å². The lowest BCUT2D eigenvalue weighted by Gasteiger charge is -2.14. The smallest absolute Gasteiger partial charge is 0.335 e. The molecule has 1 atom stereocenters. The first-order valence-corrected chi connectivity index (χ1v) is 7.79. The zero-order chi connectivity index (χ0) is 17.8. The number of aromatic carboxylic acids is 1. The van der Waals surface area contributed by atoms with Crippen LogP contribution in [-0.2, 0) is 6.42 Å². The summed E-state index contributed by atoms with van der Waals surface area (Å²) in [5.74, 6) is -0.554. The highest BCUT2D eigenvalue weighted by atomic mass is 16.4. The van der Waals surface area contributed by atoms with Gasteiger partial charge in [-0.3, -0.25) is 0 Å². The van der Waals surface area contributed by atoms with E-state index in [0.717, 1.165) is 5.56 Å². The summed E-state index contributed by atoms with van der Waals surface area (Å²) in [5, 5.41) is 22.9. The Morgan fingerprint density at radius 3 is 2.64 bits per heavy atom. The maximum absolute atomic E-state index is 11.2. The molecule has 0 bridgehead atoms. The molecule has 128 valence electrons. The Balaban J connectivity index is 1.80. The summed E-state index contributed by atoms with van der Waals surface area (Å²) in [6.45, 7) is 0.248. The van der Waals surface area contributed by atoms with E-state index >= 15 is 0 Å². The molecule has 5 N–H and O–H groups in total. The first-order valence-electron chi connectivity index (χ1n) is 7.79. The molecule has 0 unspecified atom stereocenters. The van der Waals surface area contributed by atoms with Gasteiger partial charge in [-0.25, -0.2) is 9.78 Å². The summed E-state index contributed by atoms with van der Waals surface area (Å²) in [5.41, 5.74) is 7.41.